The normalized spacial score (nSPS) is 11.3. The van der Waals surface area contributed by atoms with Crippen molar-refractivity contribution >= 4 is 39.7 Å². The van der Waals surface area contributed by atoms with Crippen LogP contribution in [0.2, 0.25) is 0 Å². The second-order valence-corrected chi connectivity index (χ2v) is 5.80. The van der Waals surface area contributed by atoms with E-state index in [0.29, 0.717) is 16.1 Å². The average molecular weight is 329 g/mol. The first-order valence-electron chi connectivity index (χ1n) is 6.60. The molecule has 0 spiro atoms. The number of carboxylic acids is 1. The van der Waals surface area contributed by atoms with Crippen molar-refractivity contribution in [2.45, 2.75) is 6.92 Å². The molecule has 0 bridgehead atoms. The fourth-order valence-electron chi connectivity index (χ4n) is 2.17. The van der Waals surface area contributed by atoms with Crippen molar-refractivity contribution in [2.75, 3.05) is 0 Å². The number of hydrogen-bond acceptors (Lipinski definition) is 5. The van der Waals surface area contributed by atoms with E-state index in [2.05, 4.69) is 15.0 Å². The fourth-order valence-corrected chi connectivity index (χ4v) is 3.20. The third-order valence-corrected chi connectivity index (χ3v) is 4.40. The van der Waals surface area contributed by atoms with Crippen molar-refractivity contribution in [1.82, 2.24) is 15.0 Å². The Morgan fingerprint density at radius 1 is 1.26 bits per heavy atom. The van der Waals surface area contributed by atoms with Crippen molar-refractivity contribution in [2.24, 2.45) is 0 Å². The monoisotopic (exact) mass is 329 g/mol. The van der Waals surface area contributed by atoms with Gasteiger partial charge in [-0.15, -0.1) is 11.3 Å². The van der Waals surface area contributed by atoms with Crippen molar-refractivity contribution in [1.29, 1.82) is 0 Å². The van der Waals surface area contributed by atoms with Crippen molar-refractivity contribution in [3.05, 3.63) is 60.9 Å². The van der Waals surface area contributed by atoms with Crippen LogP contribution in [-0.4, -0.2) is 26.0 Å². The maximum Gasteiger partial charge on any atom is 0.346 e. The van der Waals surface area contributed by atoms with Crippen LogP contribution in [0.1, 0.15) is 26.8 Å². The van der Waals surface area contributed by atoms with Crippen molar-refractivity contribution in [3.8, 4) is 0 Å². The summed E-state index contributed by atoms with van der Waals surface area (Å²) in [7, 11) is 0. The Balaban J connectivity index is 2.08. The van der Waals surface area contributed by atoms with E-state index < -0.39 is 11.5 Å². The highest BCUT2D eigenvalue weighted by Gasteiger charge is 2.18. The Bertz CT molecular complexity index is 1060. The molecular formula is C15H11N3O4S. The predicted molar refractivity (Wildman–Crippen MR) is 87.9 cm³/mol. The first-order valence-corrected chi connectivity index (χ1v) is 7.41. The van der Waals surface area contributed by atoms with Gasteiger partial charge in [0.1, 0.15) is 15.5 Å². The molecule has 7 nitrogen and oxygen atoms in total. The molecule has 0 atom stereocenters. The number of fused-ring (bicyclic) bond motifs is 1. The molecule has 3 N–H and O–H groups in total. The summed E-state index contributed by atoms with van der Waals surface area (Å²) in [4.78, 5) is 44.5. The zero-order valence-electron chi connectivity index (χ0n) is 11.9. The lowest BCUT2D eigenvalue weighted by atomic mass is 10.2. The summed E-state index contributed by atoms with van der Waals surface area (Å²) in [5, 5.41) is 9.42. The molecule has 3 rings (SSSR count). The Labute approximate surface area is 133 Å². The van der Waals surface area contributed by atoms with Gasteiger partial charge >= 0.3 is 5.97 Å². The summed E-state index contributed by atoms with van der Waals surface area (Å²) in [6.45, 7) is 1.59. The molecule has 0 amide bonds. The van der Waals surface area contributed by atoms with Gasteiger partial charge in [0, 0.05) is 11.8 Å². The number of nitrogens with zero attached hydrogens (tertiary/aromatic N) is 1. The fraction of sp³-hybridized carbons (Fsp3) is 0.0667. The van der Waals surface area contributed by atoms with Crippen molar-refractivity contribution in [3.63, 3.8) is 0 Å². The molecular weight excluding hydrogens is 318 g/mol. The molecule has 0 unspecified atom stereocenters. The van der Waals surface area contributed by atoms with Gasteiger partial charge < -0.3 is 15.1 Å². The minimum atomic E-state index is -1.08. The average Bonchev–Trinajstić information content (AvgIpc) is 2.83. The summed E-state index contributed by atoms with van der Waals surface area (Å²) in [6, 6.07) is 4.71. The molecule has 0 aliphatic heterocycles. The van der Waals surface area contributed by atoms with Gasteiger partial charge in [-0.25, -0.2) is 9.78 Å². The number of pyridine rings is 1. The number of nitrogens with one attached hydrogen (secondary N) is 2. The summed E-state index contributed by atoms with van der Waals surface area (Å²) in [5.74, 6) is -0.797. The van der Waals surface area contributed by atoms with Crippen LogP contribution in [0.5, 0.6) is 0 Å². The van der Waals surface area contributed by atoms with E-state index in [-0.39, 0.29) is 21.6 Å². The molecule has 116 valence electrons. The topological polar surface area (TPSA) is 116 Å². The smallest absolute Gasteiger partial charge is 0.346 e. The molecule has 0 aliphatic carbocycles. The van der Waals surface area contributed by atoms with Crippen LogP contribution in [0.25, 0.3) is 22.4 Å². The molecule has 0 aliphatic rings. The first kappa shape index (κ1) is 14.9. The summed E-state index contributed by atoms with van der Waals surface area (Å²) < 4.78 is 0. The third kappa shape index (κ3) is 2.84. The highest BCUT2D eigenvalue weighted by atomic mass is 32.1. The lowest BCUT2D eigenvalue weighted by Crippen LogP contribution is -2.09. The van der Waals surface area contributed by atoms with Gasteiger partial charge in [0.05, 0.1) is 5.39 Å². The number of rotatable bonds is 3. The standard InChI is InChI=1S/C15H11N3O4S/c1-7-11-13(20)17-9(18-14(11)23-12(7)15(21)22)6-5-8-3-2-4-10(19)16-8/h2-6H,1H3,(H,16,19)(H,21,22)(H,17,18,20)/b6-5+. The molecule has 0 radical (unpaired) electrons. The van der Waals surface area contributed by atoms with E-state index in [1.54, 1.807) is 31.2 Å². The quantitative estimate of drug-likeness (QED) is 0.678. The van der Waals surface area contributed by atoms with E-state index in [9.17, 15) is 14.4 Å². The lowest BCUT2D eigenvalue weighted by Gasteiger charge is -1.96. The zero-order valence-corrected chi connectivity index (χ0v) is 12.7. The number of H-pyrrole nitrogens is 2. The number of thiophene rings is 1. The number of aromatic nitrogens is 3. The number of hydrogen-bond donors (Lipinski definition) is 3. The predicted octanol–water partition coefficient (Wildman–Crippen LogP) is 1.85. The second-order valence-electron chi connectivity index (χ2n) is 4.80. The maximum absolute atomic E-state index is 12.1. The second kappa shape index (κ2) is 5.65. The molecule has 23 heavy (non-hydrogen) atoms. The first-order chi connectivity index (χ1) is 11.0. The van der Waals surface area contributed by atoms with E-state index in [0.717, 1.165) is 11.3 Å². The Kier molecular flexibility index (Phi) is 3.67. The number of carbonyl (C=O) groups is 1. The summed E-state index contributed by atoms with van der Waals surface area (Å²) in [6.07, 6.45) is 3.14. The molecule has 0 aromatic carbocycles. The SMILES string of the molecule is Cc1c(C(=O)O)sc2nc(/C=C/c3cccc(=O)[nH]3)[nH]c(=O)c12. The largest absolute Gasteiger partial charge is 0.477 e. The molecule has 0 fully saturated rings. The Morgan fingerprint density at radius 2 is 2.04 bits per heavy atom. The highest BCUT2D eigenvalue weighted by molar-refractivity contribution is 7.20. The van der Waals surface area contributed by atoms with Crippen LogP contribution in [0.3, 0.4) is 0 Å². The summed E-state index contributed by atoms with van der Waals surface area (Å²) in [5.41, 5.74) is 0.351. The van der Waals surface area contributed by atoms with Crippen LogP contribution >= 0.6 is 11.3 Å². The molecule has 0 saturated heterocycles. The van der Waals surface area contributed by atoms with E-state index >= 15 is 0 Å². The van der Waals surface area contributed by atoms with Crippen LogP contribution in [0.15, 0.2) is 27.8 Å². The minimum absolute atomic E-state index is 0.103. The van der Waals surface area contributed by atoms with Gasteiger partial charge in [0.15, 0.2) is 0 Å². The van der Waals surface area contributed by atoms with E-state index in [4.69, 9.17) is 5.11 Å². The van der Waals surface area contributed by atoms with Gasteiger partial charge in [-0.05, 0) is 30.7 Å². The minimum Gasteiger partial charge on any atom is -0.477 e. The van der Waals surface area contributed by atoms with E-state index in [1.165, 1.54) is 6.07 Å². The third-order valence-electron chi connectivity index (χ3n) is 3.22. The van der Waals surface area contributed by atoms with Crippen LogP contribution in [-0.2, 0) is 0 Å². The summed E-state index contributed by atoms with van der Waals surface area (Å²) >= 11 is 0.962. The number of carboxylic acid groups (broad SMARTS) is 1. The Hall–Kier alpha value is -3.00. The number of aromatic carboxylic acids is 1. The molecule has 0 saturated carbocycles. The molecule has 8 heteroatoms. The highest BCUT2D eigenvalue weighted by Crippen LogP contribution is 2.26. The van der Waals surface area contributed by atoms with Gasteiger partial charge in [0.25, 0.3) is 5.56 Å². The van der Waals surface area contributed by atoms with Gasteiger partial charge in [-0.3, -0.25) is 9.59 Å². The zero-order chi connectivity index (χ0) is 16.6. The molecule has 3 aromatic heterocycles. The molecule has 3 aromatic rings. The van der Waals surface area contributed by atoms with E-state index in [1.807, 2.05) is 0 Å². The maximum atomic E-state index is 12.1. The van der Waals surface area contributed by atoms with Crippen LogP contribution in [0, 0.1) is 6.92 Å². The number of aromatic amines is 2. The van der Waals surface area contributed by atoms with Crippen molar-refractivity contribution < 1.29 is 9.90 Å². The van der Waals surface area contributed by atoms with Gasteiger partial charge in [0.2, 0.25) is 5.56 Å². The molecule has 3 heterocycles. The van der Waals surface area contributed by atoms with Gasteiger partial charge in [-0.2, -0.15) is 0 Å². The lowest BCUT2D eigenvalue weighted by molar-refractivity contribution is 0.0701. The number of aryl methyl sites for hydroxylation is 1. The van der Waals surface area contributed by atoms with Crippen LogP contribution < -0.4 is 11.1 Å². The Morgan fingerprint density at radius 3 is 2.74 bits per heavy atom. The van der Waals surface area contributed by atoms with Gasteiger partial charge in [-0.1, -0.05) is 6.07 Å². The van der Waals surface area contributed by atoms with Crippen LogP contribution in [0.4, 0.5) is 0 Å².